The number of nitrogens with zero attached hydrogens (tertiary/aromatic N) is 2. The van der Waals surface area contributed by atoms with E-state index >= 15 is 0 Å². The first kappa shape index (κ1) is 15.6. The lowest BCUT2D eigenvalue weighted by Crippen LogP contribution is -2.34. The van der Waals surface area contributed by atoms with E-state index < -0.39 is 0 Å². The number of hydrogen-bond donors (Lipinski definition) is 1. The Morgan fingerprint density at radius 2 is 2.20 bits per heavy atom. The SMILES string of the molecule is CCc1nn(C)cc1CNC1CCCC(CC(C)C)C1. The van der Waals surface area contributed by atoms with Crippen LogP contribution in [0.1, 0.15) is 64.1 Å². The Balaban J connectivity index is 1.83. The van der Waals surface area contributed by atoms with Crippen molar-refractivity contribution in [3.8, 4) is 0 Å². The molecule has 1 heterocycles. The fourth-order valence-corrected chi connectivity index (χ4v) is 3.64. The molecule has 1 saturated carbocycles. The number of aromatic nitrogens is 2. The van der Waals surface area contributed by atoms with E-state index in [1.807, 2.05) is 11.7 Å². The van der Waals surface area contributed by atoms with Gasteiger partial charge in [-0.3, -0.25) is 4.68 Å². The topological polar surface area (TPSA) is 29.9 Å². The average molecular weight is 277 g/mol. The van der Waals surface area contributed by atoms with Crippen molar-refractivity contribution in [1.82, 2.24) is 15.1 Å². The Kier molecular flexibility index (Phi) is 5.64. The molecule has 20 heavy (non-hydrogen) atoms. The second-order valence-corrected chi connectivity index (χ2v) is 6.87. The monoisotopic (exact) mass is 277 g/mol. The maximum atomic E-state index is 4.52. The molecule has 2 unspecified atom stereocenters. The number of hydrogen-bond acceptors (Lipinski definition) is 2. The maximum Gasteiger partial charge on any atom is 0.0666 e. The molecule has 1 aliphatic carbocycles. The summed E-state index contributed by atoms with van der Waals surface area (Å²) in [6.07, 6.45) is 10.1. The van der Waals surface area contributed by atoms with Crippen molar-refractivity contribution in [2.45, 2.75) is 71.9 Å². The van der Waals surface area contributed by atoms with Gasteiger partial charge in [-0.2, -0.15) is 5.10 Å². The zero-order valence-corrected chi connectivity index (χ0v) is 13.7. The van der Waals surface area contributed by atoms with E-state index in [4.69, 9.17) is 0 Å². The van der Waals surface area contributed by atoms with Crippen LogP contribution in [-0.2, 0) is 20.0 Å². The van der Waals surface area contributed by atoms with Crippen molar-refractivity contribution in [2.24, 2.45) is 18.9 Å². The zero-order chi connectivity index (χ0) is 14.5. The van der Waals surface area contributed by atoms with E-state index in [0.29, 0.717) is 6.04 Å². The lowest BCUT2D eigenvalue weighted by Gasteiger charge is -2.31. The van der Waals surface area contributed by atoms with Crippen LogP contribution in [0.2, 0.25) is 0 Å². The van der Waals surface area contributed by atoms with Crippen LogP contribution in [-0.4, -0.2) is 15.8 Å². The third-order valence-electron chi connectivity index (χ3n) is 4.50. The van der Waals surface area contributed by atoms with Crippen molar-refractivity contribution in [3.63, 3.8) is 0 Å². The predicted molar refractivity (Wildman–Crippen MR) is 84.6 cm³/mol. The summed E-state index contributed by atoms with van der Waals surface area (Å²) in [5.74, 6) is 1.77. The van der Waals surface area contributed by atoms with Crippen LogP contribution in [0.3, 0.4) is 0 Å². The summed E-state index contributed by atoms with van der Waals surface area (Å²) in [4.78, 5) is 0. The number of aryl methyl sites for hydroxylation is 2. The molecule has 0 aromatic carbocycles. The minimum absolute atomic E-state index is 0.706. The molecule has 3 heteroatoms. The van der Waals surface area contributed by atoms with E-state index in [1.54, 1.807) is 0 Å². The minimum atomic E-state index is 0.706. The molecule has 0 aliphatic heterocycles. The highest BCUT2D eigenvalue weighted by Gasteiger charge is 2.22. The van der Waals surface area contributed by atoms with Gasteiger partial charge < -0.3 is 5.32 Å². The molecule has 0 spiro atoms. The van der Waals surface area contributed by atoms with Crippen molar-refractivity contribution in [1.29, 1.82) is 0 Å². The molecule has 2 rings (SSSR count). The standard InChI is InChI=1S/C17H31N3/c1-5-17-15(12-20(4)19-17)11-18-16-8-6-7-14(10-16)9-13(2)3/h12-14,16,18H,5-11H2,1-4H3. The van der Waals surface area contributed by atoms with Crippen molar-refractivity contribution >= 4 is 0 Å². The third-order valence-corrected chi connectivity index (χ3v) is 4.50. The fourth-order valence-electron chi connectivity index (χ4n) is 3.64. The van der Waals surface area contributed by atoms with Gasteiger partial charge in [0.05, 0.1) is 5.69 Å². The summed E-state index contributed by atoms with van der Waals surface area (Å²) >= 11 is 0. The summed E-state index contributed by atoms with van der Waals surface area (Å²) in [5, 5.41) is 8.30. The second-order valence-electron chi connectivity index (χ2n) is 6.87. The molecular formula is C17H31N3. The van der Waals surface area contributed by atoms with Crippen LogP contribution in [0.4, 0.5) is 0 Å². The van der Waals surface area contributed by atoms with E-state index in [0.717, 1.165) is 24.8 Å². The van der Waals surface area contributed by atoms with Crippen LogP contribution in [0.15, 0.2) is 6.20 Å². The molecule has 3 nitrogen and oxygen atoms in total. The van der Waals surface area contributed by atoms with Gasteiger partial charge in [-0.25, -0.2) is 0 Å². The van der Waals surface area contributed by atoms with Crippen LogP contribution in [0.5, 0.6) is 0 Å². The molecular weight excluding hydrogens is 246 g/mol. The summed E-state index contributed by atoms with van der Waals surface area (Å²) in [6.45, 7) is 7.86. The molecule has 1 fully saturated rings. The number of nitrogens with one attached hydrogen (secondary N) is 1. The third kappa shape index (κ3) is 4.34. The van der Waals surface area contributed by atoms with Crippen molar-refractivity contribution in [3.05, 3.63) is 17.5 Å². The van der Waals surface area contributed by atoms with E-state index in [2.05, 4.69) is 37.4 Å². The quantitative estimate of drug-likeness (QED) is 0.859. The Hall–Kier alpha value is -0.830. The van der Waals surface area contributed by atoms with Gasteiger partial charge in [-0.15, -0.1) is 0 Å². The summed E-state index contributed by atoms with van der Waals surface area (Å²) < 4.78 is 1.94. The highest BCUT2D eigenvalue weighted by atomic mass is 15.3. The zero-order valence-electron chi connectivity index (χ0n) is 13.7. The van der Waals surface area contributed by atoms with Crippen LogP contribution < -0.4 is 5.32 Å². The molecule has 1 N–H and O–H groups in total. The summed E-state index contributed by atoms with van der Waals surface area (Å²) in [5.41, 5.74) is 2.62. The molecule has 1 aromatic heterocycles. The largest absolute Gasteiger partial charge is 0.310 e. The van der Waals surface area contributed by atoms with Gasteiger partial charge in [-0.1, -0.05) is 33.6 Å². The fraction of sp³-hybridized carbons (Fsp3) is 0.824. The lowest BCUT2D eigenvalue weighted by atomic mass is 9.81. The molecule has 0 radical (unpaired) electrons. The molecule has 0 bridgehead atoms. The highest BCUT2D eigenvalue weighted by Crippen LogP contribution is 2.29. The van der Waals surface area contributed by atoms with E-state index in [9.17, 15) is 0 Å². The molecule has 1 aromatic rings. The maximum absolute atomic E-state index is 4.52. The first-order chi connectivity index (χ1) is 9.58. The van der Waals surface area contributed by atoms with Crippen molar-refractivity contribution in [2.75, 3.05) is 0 Å². The smallest absolute Gasteiger partial charge is 0.0666 e. The van der Waals surface area contributed by atoms with Gasteiger partial charge in [-0.05, 0) is 37.5 Å². The lowest BCUT2D eigenvalue weighted by molar-refractivity contribution is 0.252. The normalized spacial score (nSPS) is 23.4. The van der Waals surface area contributed by atoms with Crippen LogP contribution in [0, 0.1) is 11.8 Å². The van der Waals surface area contributed by atoms with Gasteiger partial charge >= 0.3 is 0 Å². The average Bonchev–Trinajstić information content (AvgIpc) is 2.76. The Bertz CT molecular complexity index is 408. The Morgan fingerprint density at radius 3 is 2.90 bits per heavy atom. The first-order valence-electron chi connectivity index (χ1n) is 8.33. The van der Waals surface area contributed by atoms with Crippen LogP contribution in [0.25, 0.3) is 0 Å². The Morgan fingerprint density at radius 1 is 1.40 bits per heavy atom. The molecule has 0 saturated heterocycles. The summed E-state index contributed by atoms with van der Waals surface area (Å²) in [6, 6.07) is 0.706. The van der Waals surface area contributed by atoms with Gasteiger partial charge in [0.25, 0.3) is 0 Å². The molecule has 2 atom stereocenters. The molecule has 0 amide bonds. The number of rotatable bonds is 6. The Labute approximate surface area is 124 Å². The predicted octanol–water partition coefficient (Wildman–Crippen LogP) is 3.68. The van der Waals surface area contributed by atoms with Crippen LogP contribution >= 0.6 is 0 Å². The van der Waals surface area contributed by atoms with Gasteiger partial charge in [0.15, 0.2) is 0 Å². The molecule has 1 aliphatic rings. The van der Waals surface area contributed by atoms with Gasteiger partial charge in [0.2, 0.25) is 0 Å². The highest BCUT2D eigenvalue weighted by molar-refractivity contribution is 5.16. The molecule has 114 valence electrons. The van der Waals surface area contributed by atoms with E-state index in [1.165, 1.54) is 43.4 Å². The van der Waals surface area contributed by atoms with Gasteiger partial charge in [0, 0.05) is 31.4 Å². The minimum Gasteiger partial charge on any atom is -0.310 e. The van der Waals surface area contributed by atoms with Gasteiger partial charge in [0.1, 0.15) is 0 Å². The van der Waals surface area contributed by atoms with E-state index in [-0.39, 0.29) is 0 Å². The second kappa shape index (κ2) is 7.26. The van der Waals surface area contributed by atoms with Crippen molar-refractivity contribution < 1.29 is 0 Å². The summed E-state index contributed by atoms with van der Waals surface area (Å²) in [7, 11) is 2.02. The first-order valence-corrected chi connectivity index (χ1v) is 8.33.